The van der Waals surface area contributed by atoms with Crippen molar-refractivity contribution in [3.05, 3.63) is 85.1 Å². The molecule has 0 saturated carbocycles. The first-order valence-electron chi connectivity index (χ1n) is 32.8. The maximum atomic E-state index is 12.8. The molecule has 2 atom stereocenters. The second-order valence-corrected chi connectivity index (χ2v) is 24.5. The van der Waals surface area contributed by atoms with E-state index in [1.807, 2.05) is 21.1 Å². The molecule has 9 nitrogen and oxygen atoms in total. The molecule has 0 spiro atoms. The number of carbonyl (C=O) groups excluding carboxylic acids is 2. The van der Waals surface area contributed by atoms with E-state index in [1.54, 1.807) is 0 Å². The molecule has 0 amide bonds. The number of esters is 2. The van der Waals surface area contributed by atoms with Gasteiger partial charge >= 0.3 is 11.9 Å². The molecular formula is C69H124NO8P. The average Bonchev–Trinajstić information content (AvgIpc) is 3.41. The number of hydrogen-bond donors (Lipinski definition) is 0. The van der Waals surface area contributed by atoms with Crippen molar-refractivity contribution in [2.45, 2.75) is 296 Å². The predicted molar refractivity (Wildman–Crippen MR) is 337 cm³/mol. The van der Waals surface area contributed by atoms with Crippen molar-refractivity contribution >= 4 is 19.8 Å². The summed E-state index contributed by atoms with van der Waals surface area (Å²) in [6, 6.07) is 0. The number of ether oxygens (including phenoxy) is 2. The van der Waals surface area contributed by atoms with Crippen LogP contribution in [0.1, 0.15) is 290 Å². The van der Waals surface area contributed by atoms with Crippen LogP contribution in [0, 0.1) is 0 Å². The van der Waals surface area contributed by atoms with Gasteiger partial charge in [0.2, 0.25) is 0 Å². The fourth-order valence-electron chi connectivity index (χ4n) is 9.17. The Morgan fingerprint density at radius 1 is 0.405 bits per heavy atom. The lowest BCUT2D eigenvalue weighted by molar-refractivity contribution is -0.870. The Labute approximate surface area is 488 Å². The van der Waals surface area contributed by atoms with Gasteiger partial charge in [0.1, 0.15) is 19.8 Å². The number of carbonyl (C=O) groups is 2. The van der Waals surface area contributed by atoms with E-state index in [1.165, 1.54) is 173 Å². The molecular weight excluding hydrogens is 1000 g/mol. The van der Waals surface area contributed by atoms with Crippen molar-refractivity contribution in [1.29, 1.82) is 0 Å². The van der Waals surface area contributed by atoms with Crippen molar-refractivity contribution in [1.82, 2.24) is 0 Å². The van der Waals surface area contributed by atoms with Crippen LogP contribution in [0.15, 0.2) is 85.1 Å². The molecule has 0 fully saturated rings. The molecule has 79 heavy (non-hydrogen) atoms. The smallest absolute Gasteiger partial charge is 0.306 e. The summed E-state index contributed by atoms with van der Waals surface area (Å²) in [6.45, 7) is 4.16. The van der Waals surface area contributed by atoms with Crippen LogP contribution in [-0.4, -0.2) is 70.0 Å². The van der Waals surface area contributed by atoms with Crippen LogP contribution < -0.4 is 4.89 Å². The van der Waals surface area contributed by atoms with E-state index in [4.69, 9.17) is 18.5 Å². The largest absolute Gasteiger partial charge is 0.756 e. The van der Waals surface area contributed by atoms with Gasteiger partial charge in [0.25, 0.3) is 7.82 Å². The Hall–Kier alpha value is -2.81. The van der Waals surface area contributed by atoms with Crippen LogP contribution in [0.25, 0.3) is 0 Å². The van der Waals surface area contributed by atoms with Crippen LogP contribution >= 0.6 is 7.82 Å². The van der Waals surface area contributed by atoms with E-state index in [-0.39, 0.29) is 32.0 Å². The molecule has 0 aromatic heterocycles. The number of likely N-dealkylation sites (N-methyl/N-ethyl adjacent to an activating group) is 1. The number of rotatable bonds is 60. The Kier molecular flexibility index (Phi) is 57.7. The summed E-state index contributed by atoms with van der Waals surface area (Å²) in [5, 5.41) is 0. The van der Waals surface area contributed by atoms with E-state index in [2.05, 4.69) is 98.9 Å². The normalized spacial score (nSPS) is 13.7. The summed E-state index contributed by atoms with van der Waals surface area (Å²) >= 11 is 0. The van der Waals surface area contributed by atoms with Crippen LogP contribution in [0.5, 0.6) is 0 Å². The number of quaternary nitrogens is 1. The Balaban J connectivity index is 3.98. The summed E-state index contributed by atoms with van der Waals surface area (Å²) in [4.78, 5) is 37.9. The zero-order valence-corrected chi connectivity index (χ0v) is 52.9. The standard InChI is InChI=1S/C69H124NO8P/c1-6-8-10-12-14-16-18-20-22-24-25-26-27-28-29-30-31-32-33-34-35-36-37-38-39-40-41-42-43-44-45-46-48-50-52-54-56-58-60-62-69(72)78-67(66-77-79(73,74)76-64-63-70(3,4)5)65-75-68(71)61-59-57-55-53-51-49-47-23-21-19-17-15-13-11-9-7-2/h8,10,14,16,20,22,25-26,28-29,31-32,34-35,67H,6-7,9,11-13,15,17-19,21,23-24,27,30,33,36-66H2,1-5H3/b10-8-,16-14-,22-20-,26-25-,29-28-,32-31-,35-34-. The highest BCUT2D eigenvalue weighted by atomic mass is 31.2. The lowest BCUT2D eigenvalue weighted by Crippen LogP contribution is -2.37. The fraction of sp³-hybridized carbons (Fsp3) is 0.768. The zero-order chi connectivity index (χ0) is 57.7. The summed E-state index contributed by atoms with van der Waals surface area (Å²) in [5.74, 6) is -0.821. The Morgan fingerprint density at radius 3 is 1.08 bits per heavy atom. The van der Waals surface area contributed by atoms with Gasteiger partial charge < -0.3 is 27.9 Å². The number of unbranched alkanes of at least 4 members (excludes halogenated alkanes) is 32. The monoisotopic (exact) mass is 1130 g/mol. The zero-order valence-electron chi connectivity index (χ0n) is 52.1. The van der Waals surface area contributed by atoms with E-state index < -0.39 is 26.5 Å². The van der Waals surface area contributed by atoms with E-state index >= 15 is 0 Å². The number of nitrogens with zero attached hydrogens (tertiary/aromatic N) is 1. The molecule has 0 aliphatic rings. The quantitative estimate of drug-likeness (QED) is 0.0195. The summed E-state index contributed by atoms with van der Waals surface area (Å²) in [7, 11) is 1.17. The molecule has 0 heterocycles. The highest BCUT2D eigenvalue weighted by Crippen LogP contribution is 2.38. The molecule has 0 saturated heterocycles. The lowest BCUT2D eigenvalue weighted by atomic mass is 10.0. The second-order valence-electron chi connectivity index (χ2n) is 23.1. The highest BCUT2D eigenvalue weighted by molar-refractivity contribution is 7.45. The SMILES string of the molecule is CC/C=C\C/C=C\C/C=C\C/C=C\C/C=C\C/C=C\C/C=C\CCCCCCCCCCCCCCCCCCCC(=O)OC(COC(=O)CCCCCCCCCCCCCCCCCC)COP(=O)([O-])OCC[N+](C)(C)C. The maximum Gasteiger partial charge on any atom is 0.306 e. The van der Waals surface area contributed by atoms with E-state index in [9.17, 15) is 19.0 Å². The van der Waals surface area contributed by atoms with Gasteiger partial charge in [0, 0.05) is 12.8 Å². The van der Waals surface area contributed by atoms with Crippen LogP contribution in [0.2, 0.25) is 0 Å². The summed E-state index contributed by atoms with van der Waals surface area (Å²) in [5.41, 5.74) is 0. The van der Waals surface area contributed by atoms with Gasteiger partial charge in [-0.1, -0.05) is 292 Å². The number of phosphoric ester groups is 1. The van der Waals surface area contributed by atoms with Gasteiger partial charge in [0.05, 0.1) is 27.7 Å². The van der Waals surface area contributed by atoms with Crippen molar-refractivity contribution < 1.29 is 42.1 Å². The Bertz CT molecular complexity index is 1610. The third kappa shape index (κ3) is 64.2. The molecule has 2 unspecified atom stereocenters. The minimum atomic E-state index is -4.64. The maximum absolute atomic E-state index is 12.8. The first-order chi connectivity index (χ1) is 38.5. The van der Waals surface area contributed by atoms with Crippen molar-refractivity contribution in [3.63, 3.8) is 0 Å². The van der Waals surface area contributed by atoms with Crippen LogP contribution in [-0.2, 0) is 32.7 Å². The van der Waals surface area contributed by atoms with E-state index in [0.717, 1.165) is 83.5 Å². The molecule has 0 aromatic rings. The van der Waals surface area contributed by atoms with Gasteiger partial charge in [0.15, 0.2) is 6.10 Å². The molecule has 0 rings (SSSR count). The summed E-state index contributed by atoms with van der Waals surface area (Å²) < 4.78 is 34.2. The van der Waals surface area contributed by atoms with Crippen molar-refractivity contribution in [2.75, 3.05) is 47.5 Å². The molecule has 0 bridgehead atoms. The number of allylic oxidation sites excluding steroid dienone is 14. The molecule has 458 valence electrons. The first kappa shape index (κ1) is 76.2. The molecule has 0 aromatic carbocycles. The van der Waals surface area contributed by atoms with Gasteiger partial charge in [-0.15, -0.1) is 0 Å². The second kappa shape index (κ2) is 59.8. The number of hydrogen-bond acceptors (Lipinski definition) is 8. The van der Waals surface area contributed by atoms with Crippen LogP contribution in [0.4, 0.5) is 0 Å². The topological polar surface area (TPSA) is 111 Å². The van der Waals surface area contributed by atoms with Gasteiger partial charge in [-0.05, 0) is 70.6 Å². The molecule has 0 aliphatic carbocycles. The average molecular weight is 1130 g/mol. The van der Waals surface area contributed by atoms with Gasteiger partial charge in [-0.25, -0.2) is 0 Å². The van der Waals surface area contributed by atoms with E-state index in [0.29, 0.717) is 17.4 Å². The molecule has 10 heteroatoms. The molecule has 0 N–H and O–H groups in total. The first-order valence-corrected chi connectivity index (χ1v) is 34.3. The third-order valence-electron chi connectivity index (χ3n) is 14.2. The molecule has 0 radical (unpaired) electrons. The number of phosphoric acid groups is 1. The molecule has 0 aliphatic heterocycles. The van der Waals surface area contributed by atoms with Gasteiger partial charge in [-0.3, -0.25) is 14.2 Å². The fourth-order valence-corrected chi connectivity index (χ4v) is 9.90. The highest BCUT2D eigenvalue weighted by Gasteiger charge is 2.22. The predicted octanol–water partition coefficient (Wildman–Crippen LogP) is 20.4. The summed E-state index contributed by atoms with van der Waals surface area (Å²) in [6.07, 6.45) is 80.8. The lowest BCUT2D eigenvalue weighted by Gasteiger charge is -2.28. The Morgan fingerprint density at radius 2 is 0.722 bits per heavy atom. The van der Waals surface area contributed by atoms with Crippen molar-refractivity contribution in [2.24, 2.45) is 0 Å². The van der Waals surface area contributed by atoms with Crippen LogP contribution in [0.3, 0.4) is 0 Å². The van der Waals surface area contributed by atoms with Gasteiger partial charge in [-0.2, -0.15) is 0 Å². The minimum absolute atomic E-state index is 0.0304. The van der Waals surface area contributed by atoms with Crippen molar-refractivity contribution in [3.8, 4) is 0 Å². The third-order valence-corrected chi connectivity index (χ3v) is 15.1. The minimum Gasteiger partial charge on any atom is -0.756 e.